The van der Waals surface area contributed by atoms with Gasteiger partial charge in [0.25, 0.3) is 7.82 Å². The summed E-state index contributed by atoms with van der Waals surface area (Å²) in [4.78, 5) is 29.1. The van der Waals surface area contributed by atoms with E-state index in [1.165, 1.54) is 12.4 Å². The molecular weight excluding hydrogens is 329 g/mol. The number of imidazole rings is 1. The minimum Gasteiger partial charge on any atom is -0.756 e. The van der Waals surface area contributed by atoms with Crippen molar-refractivity contribution in [3.63, 3.8) is 0 Å². The van der Waals surface area contributed by atoms with Gasteiger partial charge in [0.15, 0.2) is 0 Å². The summed E-state index contributed by atoms with van der Waals surface area (Å²) in [6.45, 7) is -0.568. The third-order valence-electron chi connectivity index (χ3n) is 2.53. The van der Waals surface area contributed by atoms with E-state index in [1.54, 1.807) is 0 Å². The lowest BCUT2D eigenvalue weighted by Gasteiger charge is -2.27. The Labute approximate surface area is 134 Å². The largest absolute Gasteiger partial charge is 0.756 e. The van der Waals surface area contributed by atoms with Crippen molar-refractivity contribution in [1.29, 1.82) is 0 Å². The van der Waals surface area contributed by atoms with E-state index in [4.69, 9.17) is 4.74 Å². The molecule has 1 aromatic heterocycles. The summed E-state index contributed by atoms with van der Waals surface area (Å²) in [6, 6.07) is 0. The summed E-state index contributed by atoms with van der Waals surface area (Å²) in [7, 11) is 1.15. The van der Waals surface area contributed by atoms with Gasteiger partial charge in [0, 0.05) is 12.4 Å². The van der Waals surface area contributed by atoms with Gasteiger partial charge in [0.05, 0.1) is 27.7 Å². The number of aliphatic hydroxyl groups excluding tert-OH is 1. The molecule has 2 atom stereocenters. The highest BCUT2D eigenvalue weighted by Gasteiger charge is 2.17. The van der Waals surface area contributed by atoms with Gasteiger partial charge >= 0.3 is 5.97 Å². The van der Waals surface area contributed by atoms with E-state index in [0.717, 1.165) is 0 Å². The van der Waals surface area contributed by atoms with E-state index in [-0.39, 0.29) is 12.4 Å². The number of esters is 1. The molecule has 1 aromatic rings. The lowest BCUT2D eigenvalue weighted by molar-refractivity contribution is -0.870. The molecule has 1 unspecified atom stereocenters. The zero-order chi connectivity index (χ0) is 17.5. The Morgan fingerprint density at radius 3 is 2.70 bits per heavy atom. The van der Waals surface area contributed by atoms with E-state index < -0.39 is 33.1 Å². The average Bonchev–Trinajstić information content (AvgIpc) is 2.95. The first-order valence-electron chi connectivity index (χ1n) is 6.84. The molecule has 0 saturated carbocycles. The number of quaternary nitrogens is 1. The van der Waals surface area contributed by atoms with Crippen molar-refractivity contribution in [3.8, 4) is 0 Å². The molecule has 11 heteroatoms. The summed E-state index contributed by atoms with van der Waals surface area (Å²) >= 11 is 0. The Balaban J connectivity index is 2.24. The van der Waals surface area contributed by atoms with Gasteiger partial charge in [-0.25, -0.2) is 9.78 Å². The number of carbonyl (C=O) groups is 1. The van der Waals surface area contributed by atoms with Crippen LogP contribution in [0.2, 0.25) is 0 Å². The number of phosphoric acid groups is 1. The van der Waals surface area contributed by atoms with Crippen molar-refractivity contribution in [2.45, 2.75) is 6.10 Å². The van der Waals surface area contributed by atoms with Crippen molar-refractivity contribution in [2.24, 2.45) is 0 Å². The van der Waals surface area contributed by atoms with Crippen LogP contribution >= 0.6 is 7.82 Å². The molecular formula is C12H22N3O7P. The standard InChI is InChI=1S/C12H22N3O7P/c1-15(2,3)6-7-21-23(18,19)22-9-10(16)8-20-12(17)11-13-4-5-14-11/h4-5,10,16H,6-9H2,1-3H3,(H-,13,14,17,18,19)/t10-/m0/s1. The molecule has 23 heavy (non-hydrogen) atoms. The number of phosphoric ester groups is 1. The Bertz CT molecular complexity index is 529. The molecule has 0 aliphatic heterocycles. The van der Waals surface area contributed by atoms with Gasteiger partial charge in [-0.15, -0.1) is 0 Å². The minimum atomic E-state index is -4.51. The SMILES string of the molecule is C[N+](C)(C)CCOP(=O)([O-])OC[C@@H](O)COC(=O)c1ncc[nH]1. The number of likely N-dealkylation sites (N-methyl/N-ethyl adjacent to an activating group) is 1. The third-order valence-corrected chi connectivity index (χ3v) is 3.50. The molecule has 0 amide bonds. The molecule has 1 rings (SSSR count). The monoisotopic (exact) mass is 351 g/mol. The fraction of sp³-hybridized carbons (Fsp3) is 0.667. The molecule has 0 radical (unpaired) electrons. The van der Waals surface area contributed by atoms with E-state index in [9.17, 15) is 19.4 Å². The highest BCUT2D eigenvalue weighted by Crippen LogP contribution is 2.38. The topological polar surface area (TPSA) is 134 Å². The second-order valence-electron chi connectivity index (χ2n) is 5.78. The minimum absolute atomic E-state index is 0.0174. The molecule has 0 bridgehead atoms. The smallest absolute Gasteiger partial charge is 0.374 e. The van der Waals surface area contributed by atoms with Crippen LogP contribution in [0.25, 0.3) is 0 Å². The van der Waals surface area contributed by atoms with Gasteiger partial charge in [0.1, 0.15) is 25.9 Å². The van der Waals surface area contributed by atoms with Gasteiger partial charge in [-0.05, 0) is 0 Å². The first-order chi connectivity index (χ1) is 10.6. The maximum atomic E-state index is 11.5. The number of carbonyl (C=O) groups excluding carboxylic acids is 1. The maximum Gasteiger partial charge on any atom is 0.374 e. The van der Waals surface area contributed by atoms with Gasteiger partial charge < -0.3 is 33.3 Å². The van der Waals surface area contributed by atoms with Crippen molar-refractivity contribution in [3.05, 3.63) is 18.2 Å². The number of ether oxygens (including phenoxy) is 1. The normalized spacial score (nSPS) is 15.9. The van der Waals surface area contributed by atoms with Crippen molar-refractivity contribution < 1.29 is 37.6 Å². The lowest BCUT2D eigenvalue weighted by Crippen LogP contribution is -2.37. The third kappa shape index (κ3) is 8.80. The molecule has 0 spiro atoms. The number of aliphatic hydroxyl groups is 1. The van der Waals surface area contributed by atoms with Crippen LogP contribution in [0.1, 0.15) is 10.6 Å². The predicted octanol–water partition coefficient (Wildman–Crippen LogP) is -0.865. The molecule has 0 aliphatic rings. The van der Waals surface area contributed by atoms with Crippen LogP contribution in [0.15, 0.2) is 12.4 Å². The van der Waals surface area contributed by atoms with E-state index >= 15 is 0 Å². The second-order valence-corrected chi connectivity index (χ2v) is 7.19. The fourth-order valence-corrected chi connectivity index (χ4v) is 2.04. The number of rotatable bonds is 10. The van der Waals surface area contributed by atoms with Crippen LogP contribution < -0.4 is 4.89 Å². The number of nitrogens with zero attached hydrogens (tertiary/aromatic N) is 2. The van der Waals surface area contributed by atoms with Gasteiger partial charge in [-0.1, -0.05) is 0 Å². The fourth-order valence-electron chi connectivity index (χ4n) is 1.31. The molecule has 0 aromatic carbocycles. The maximum absolute atomic E-state index is 11.5. The zero-order valence-corrected chi connectivity index (χ0v) is 14.2. The van der Waals surface area contributed by atoms with Crippen LogP contribution in [0.5, 0.6) is 0 Å². The van der Waals surface area contributed by atoms with Gasteiger partial charge in [-0.3, -0.25) is 4.57 Å². The first-order valence-corrected chi connectivity index (χ1v) is 8.30. The molecule has 0 fully saturated rings. The van der Waals surface area contributed by atoms with Crippen molar-refractivity contribution in [1.82, 2.24) is 9.97 Å². The summed E-state index contributed by atoms with van der Waals surface area (Å²) in [5, 5.41) is 9.56. The Hall–Kier alpha value is -1.29. The average molecular weight is 351 g/mol. The van der Waals surface area contributed by atoms with Crippen molar-refractivity contribution in [2.75, 3.05) is 47.5 Å². The predicted molar refractivity (Wildman–Crippen MR) is 77.3 cm³/mol. The zero-order valence-electron chi connectivity index (χ0n) is 13.3. The number of aromatic amines is 1. The second kappa shape index (κ2) is 8.53. The molecule has 10 nitrogen and oxygen atoms in total. The first kappa shape index (κ1) is 19.8. The lowest BCUT2D eigenvalue weighted by atomic mass is 10.4. The molecule has 132 valence electrons. The number of hydrogen-bond donors (Lipinski definition) is 2. The Morgan fingerprint density at radius 1 is 1.43 bits per heavy atom. The van der Waals surface area contributed by atoms with E-state index in [1.807, 2.05) is 21.1 Å². The quantitative estimate of drug-likeness (QED) is 0.316. The van der Waals surface area contributed by atoms with Gasteiger partial charge in [0.2, 0.25) is 5.82 Å². The Kier molecular flexibility index (Phi) is 7.33. The Morgan fingerprint density at radius 2 is 2.13 bits per heavy atom. The highest BCUT2D eigenvalue weighted by molar-refractivity contribution is 7.45. The number of nitrogens with one attached hydrogen (secondary N) is 1. The molecule has 0 saturated heterocycles. The summed E-state index contributed by atoms with van der Waals surface area (Å²) in [6.07, 6.45) is 1.51. The number of aromatic nitrogens is 2. The van der Waals surface area contributed by atoms with Crippen LogP contribution in [-0.2, 0) is 18.3 Å². The number of H-pyrrole nitrogens is 1. The summed E-state index contributed by atoms with van der Waals surface area (Å²) in [5.41, 5.74) is 0. The van der Waals surface area contributed by atoms with Crippen molar-refractivity contribution >= 4 is 13.8 Å². The molecule has 0 aliphatic carbocycles. The van der Waals surface area contributed by atoms with E-state index in [2.05, 4.69) is 19.0 Å². The highest BCUT2D eigenvalue weighted by atomic mass is 31.2. The summed E-state index contributed by atoms with van der Waals surface area (Å²) < 4.78 is 26.0. The number of hydrogen-bond acceptors (Lipinski definition) is 8. The summed E-state index contributed by atoms with van der Waals surface area (Å²) in [5.74, 6) is -0.783. The van der Waals surface area contributed by atoms with Crippen LogP contribution in [0.3, 0.4) is 0 Å². The van der Waals surface area contributed by atoms with Crippen LogP contribution in [0, 0.1) is 0 Å². The van der Waals surface area contributed by atoms with Gasteiger partial charge in [-0.2, -0.15) is 0 Å². The van der Waals surface area contributed by atoms with Crippen LogP contribution in [-0.4, -0.2) is 79.1 Å². The van der Waals surface area contributed by atoms with Crippen LogP contribution in [0.4, 0.5) is 0 Å². The molecule has 1 heterocycles. The van der Waals surface area contributed by atoms with E-state index in [0.29, 0.717) is 11.0 Å². The molecule has 2 N–H and O–H groups in total.